The normalized spacial score (nSPS) is 24.0. The Bertz CT molecular complexity index is 823. The molecule has 0 amide bonds. The first-order valence-electron chi connectivity index (χ1n) is 9.50. The predicted octanol–water partition coefficient (Wildman–Crippen LogP) is 1.37. The van der Waals surface area contributed by atoms with Crippen LogP contribution in [0.25, 0.3) is 0 Å². The number of nitrogens with zero attached hydrogens (tertiary/aromatic N) is 3. The second-order valence-electron chi connectivity index (χ2n) is 7.37. The number of alkyl halides is 3. The lowest BCUT2D eigenvalue weighted by Crippen LogP contribution is -2.39. The van der Waals surface area contributed by atoms with Gasteiger partial charge in [-0.15, -0.1) is 0 Å². The van der Waals surface area contributed by atoms with E-state index in [1.165, 1.54) is 8.61 Å². The Morgan fingerprint density at radius 3 is 2.58 bits per heavy atom. The van der Waals surface area contributed by atoms with E-state index < -0.39 is 22.4 Å². The Morgan fingerprint density at radius 2 is 2.03 bits per heavy atom. The summed E-state index contributed by atoms with van der Waals surface area (Å²) in [6.07, 6.45) is -2.43. The second-order valence-corrected chi connectivity index (χ2v) is 9.51. The van der Waals surface area contributed by atoms with Gasteiger partial charge in [0.1, 0.15) is 0 Å². The fraction of sp³-hybridized carbons (Fsp3) is 0.667. The standard InChI is InChI=1S/C16H25N3O4S.C2HF3O2/c1-18(2)24(20,21)19-9-15-13(11-23-16(15)10-19)6-8-22-12-14-5-3-4-7-17-14;3-2(4,5)1(6)7/h3-5,7,13,15-16H,6,8-12H2,1-2H3;(H,6,7)/t13-,15-,16-;/m0./s1. The summed E-state index contributed by atoms with van der Waals surface area (Å²) >= 11 is 0. The number of hydrogen-bond acceptors (Lipinski definition) is 6. The van der Waals surface area contributed by atoms with E-state index in [1.54, 1.807) is 20.3 Å². The van der Waals surface area contributed by atoms with Crippen molar-refractivity contribution >= 4 is 16.2 Å². The van der Waals surface area contributed by atoms with Crippen LogP contribution in [-0.4, -0.2) is 85.8 Å². The third-order valence-electron chi connectivity index (χ3n) is 5.04. The first kappa shape index (κ1) is 25.5. The summed E-state index contributed by atoms with van der Waals surface area (Å²) in [6.45, 7) is 2.82. The van der Waals surface area contributed by atoms with Crippen LogP contribution in [0.2, 0.25) is 0 Å². The predicted molar refractivity (Wildman–Crippen MR) is 103 cm³/mol. The molecule has 176 valence electrons. The van der Waals surface area contributed by atoms with E-state index in [-0.39, 0.29) is 12.0 Å². The minimum absolute atomic E-state index is 0.0144. The molecule has 0 saturated carbocycles. The molecule has 1 aromatic rings. The van der Waals surface area contributed by atoms with Crippen molar-refractivity contribution in [2.45, 2.75) is 25.3 Å². The third-order valence-corrected chi connectivity index (χ3v) is 6.92. The Hall–Kier alpha value is -1.80. The highest BCUT2D eigenvalue weighted by Gasteiger charge is 2.47. The molecule has 0 radical (unpaired) electrons. The molecule has 3 heterocycles. The smallest absolute Gasteiger partial charge is 0.475 e. The Labute approximate surface area is 178 Å². The summed E-state index contributed by atoms with van der Waals surface area (Å²) < 4.78 is 70.6. The Morgan fingerprint density at radius 1 is 1.35 bits per heavy atom. The molecule has 13 heteroatoms. The SMILES string of the molecule is CN(C)S(=O)(=O)N1C[C@H]2[C@@H](CCOCc3ccccn3)CO[C@H]2C1.O=C(O)C(F)(F)F. The average molecular weight is 469 g/mol. The topological polar surface area (TPSA) is 109 Å². The molecule has 0 aliphatic carbocycles. The van der Waals surface area contributed by atoms with Crippen LogP contribution < -0.4 is 0 Å². The second kappa shape index (κ2) is 10.7. The number of halogens is 3. The van der Waals surface area contributed by atoms with E-state index in [2.05, 4.69) is 4.98 Å². The van der Waals surface area contributed by atoms with Gasteiger partial charge in [-0.3, -0.25) is 4.98 Å². The van der Waals surface area contributed by atoms with E-state index in [4.69, 9.17) is 19.4 Å². The number of fused-ring (bicyclic) bond motifs is 1. The lowest BCUT2D eigenvalue weighted by molar-refractivity contribution is -0.192. The monoisotopic (exact) mass is 469 g/mol. The molecular formula is C18H26F3N3O6S. The molecule has 2 fully saturated rings. The van der Waals surface area contributed by atoms with Gasteiger partial charge < -0.3 is 14.6 Å². The number of ether oxygens (including phenoxy) is 2. The molecule has 2 aliphatic heterocycles. The van der Waals surface area contributed by atoms with E-state index >= 15 is 0 Å². The van der Waals surface area contributed by atoms with Crippen LogP contribution in [0.5, 0.6) is 0 Å². The van der Waals surface area contributed by atoms with Gasteiger partial charge in [0.2, 0.25) is 0 Å². The zero-order valence-electron chi connectivity index (χ0n) is 17.2. The van der Waals surface area contributed by atoms with Gasteiger partial charge in [-0.05, 0) is 24.5 Å². The van der Waals surface area contributed by atoms with Crippen molar-refractivity contribution in [3.05, 3.63) is 30.1 Å². The number of carbonyl (C=O) groups is 1. The van der Waals surface area contributed by atoms with Gasteiger partial charge in [-0.2, -0.15) is 30.2 Å². The van der Waals surface area contributed by atoms with E-state index in [0.29, 0.717) is 38.8 Å². The van der Waals surface area contributed by atoms with Gasteiger partial charge in [0.25, 0.3) is 10.2 Å². The number of carboxylic acid groups (broad SMARTS) is 1. The molecule has 2 saturated heterocycles. The van der Waals surface area contributed by atoms with Crippen LogP contribution in [0, 0.1) is 11.8 Å². The number of hydrogen-bond donors (Lipinski definition) is 1. The van der Waals surface area contributed by atoms with Crippen LogP contribution in [-0.2, 0) is 31.1 Å². The van der Waals surface area contributed by atoms with Crippen LogP contribution in [0.4, 0.5) is 13.2 Å². The molecule has 3 atom stereocenters. The largest absolute Gasteiger partial charge is 0.490 e. The maximum Gasteiger partial charge on any atom is 0.490 e. The van der Waals surface area contributed by atoms with Crippen LogP contribution in [0.15, 0.2) is 24.4 Å². The van der Waals surface area contributed by atoms with Crippen molar-refractivity contribution in [3.63, 3.8) is 0 Å². The summed E-state index contributed by atoms with van der Waals surface area (Å²) in [6, 6.07) is 5.77. The van der Waals surface area contributed by atoms with Crippen molar-refractivity contribution in [2.24, 2.45) is 11.8 Å². The van der Waals surface area contributed by atoms with Crippen LogP contribution in [0.1, 0.15) is 12.1 Å². The van der Waals surface area contributed by atoms with E-state index in [0.717, 1.165) is 12.1 Å². The lowest BCUT2D eigenvalue weighted by Gasteiger charge is -2.22. The molecule has 0 spiro atoms. The molecular weight excluding hydrogens is 443 g/mol. The summed E-state index contributed by atoms with van der Waals surface area (Å²) in [5.74, 6) is -2.15. The van der Waals surface area contributed by atoms with Crippen molar-refractivity contribution < 1.29 is 41.0 Å². The highest BCUT2D eigenvalue weighted by Crippen LogP contribution is 2.36. The van der Waals surface area contributed by atoms with Gasteiger partial charge in [0.05, 0.1) is 25.0 Å². The maximum absolute atomic E-state index is 12.3. The van der Waals surface area contributed by atoms with Crippen molar-refractivity contribution in [2.75, 3.05) is 40.4 Å². The average Bonchev–Trinajstić information content (AvgIpc) is 3.27. The summed E-state index contributed by atoms with van der Waals surface area (Å²) in [4.78, 5) is 13.1. The van der Waals surface area contributed by atoms with Gasteiger partial charge in [0.15, 0.2) is 0 Å². The Balaban J connectivity index is 0.000000423. The highest BCUT2D eigenvalue weighted by molar-refractivity contribution is 7.86. The van der Waals surface area contributed by atoms with Crippen molar-refractivity contribution in [3.8, 4) is 0 Å². The van der Waals surface area contributed by atoms with Crippen LogP contribution in [0.3, 0.4) is 0 Å². The van der Waals surface area contributed by atoms with E-state index in [1.807, 2.05) is 18.2 Å². The molecule has 0 unspecified atom stereocenters. The summed E-state index contributed by atoms with van der Waals surface area (Å²) in [7, 11) is -0.231. The molecule has 3 rings (SSSR count). The fourth-order valence-corrected chi connectivity index (χ4v) is 4.53. The van der Waals surface area contributed by atoms with Gasteiger partial charge >= 0.3 is 12.1 Å². The highest BCUT2D eigenvalue weighted by atomic mass is 32.2. The number of pyridine rings is 1. The van der Waals surface area contributed by atoms with E-state index in [9.17, 15) is 21.6 Å². The molecule has 0 aromatic carbocycles. The van der Waals surface area contributed by atoms with Crippen molar-refractivity contribution in [1.29, 1.82) is 0 Å². The summed E-state index contributed by atoms with van der Waals surface area (Å²) in [5, 5.41) is 7.12. The quantitative estimate of drug-likeness (QED) is 0.601. The molecule has 0 bridgehead atoms. The lowest BCUT2D eigenvalue weighted by atomic mass is 9.91. The minimum Gasteiger partial charge on any atom is -0.475 e. The van der Waals surface area contributed by atoms with Gasteiger partial charge in [0, 0.05) is 45.9 Å². The first-order valence-corrected chi connectivity index (χ1v) is 10.9. The number of rotatable bonds is 7. The molecule has 31 heavy (non-hydrogen) atoms. The third kappa shape index (κ3) is 7.10. The minimum atomic E-state index is -5.08. The zero-order valence-corrected chi connectivity index (χ0v) is 18.0. The maximum atomic E-state index is 12.3. The first-order chi connectivity index (χ1) is 14.4. The van der Waals surface area contributed by atoms with Crippen molar-refractivity contribution in [1.82, 2.24) is 13.6 Å². The number of aliphatic carboxylic acids is 1. The van der Waals surface area contributed by atoms with Crippen LogP contribution >= 0.6 is 0 Å². The molecule has 1 aromatic heterocycles. The Kier molecular flexibility index (Phi) is 8.77. The van der Waals surface area contributed by atoms with Gasteiger partial charge in [-0.25, -0.2) is 4.79 Å². The zero-order chi connectivity index (χ0) is 23.2. The molecule has 2 aliphatic rings. The molecule has 1 N–H and O–H groups in total. The number of carboxylic acids is 1. The molecule has 9 nitrogen and oxygen atoms in total. The van der Waals surface area contributed by atoms with Gasteiger partial charge in [-0.1, -0.05) is 6.07 Å². The number of aromatic nitrogens is 1. The summed E-state index contributed by atoms with van der Waals surface area (Å²) in [5.41, 5.74) is 0.919. The fourth-order valence-electron chi connectivity index (χ4n) is 3.37.